The zero-order chi connectivity index (χ0) is 12.1. The monoisotopic (exact) mass is 238 g/mol. The molecule has 1 N–H and O–H groups in total. The second-order valence-electron chi connectivity index (χ2n) is 6.18. The summed E-state index contributed by atoms with van der Waals surface area (Å²) < 4.78 is 0. The van der Waals surface area contributed by atoms with Gasteiger partial charge in [0.15, 0.2) is 0 Å². The van der Waals surface area contributed by atoms with Crippen LogP contribution in [0.2, 0.25) is 0 Å². The van der Waals surface area contributed by atoms with Gasteiger partial charge in [-0.2, -0.15) is 0 Å². The van der Waals surface area contributed by atoms with E-state index in [1.54, 1.807) is 0 Å². The molecule has 3 unspecified atom stereocenters. The molecule has 0 aromatic carbocycles. The summed E-state index contributed by atoms with van der Waals surface area (Å²) in [5, 5.41) is 3.69. The Hall–Kier alpha value is -0.0800. The fourth-order valence-corrected chi connectivity index (χ4v) is 3.56. The fourth-order valence-electron chi connectivity index (χ4n) is 3.56. The van der Waals surface area contributed by atoms with E-state index in [1.807, 2.05) is 0 Å². The Kier molecular flexibility index (Phi) is 5.30. The van der Waals surface area contributed by atoms with Gasteiger partial charge in [0, 0.05) is 31.7 Å². The van der Waals surface area contributed by atoms with E-state index in [9.17, 15) is 0 Å². The van der Waals surface area contributed by atoms with E-state index in [2.05, 4.69) is 24.1 Å². The second-order valence-corrected chi connectivity index (χ2v) is 6.18. The minimum atomic E-state index is 0.710. The molecule has 100 valence electrons. The Morgan fingerprint density at radius 2 is 2.18 bits per heavy atom. The zero-order valence-corrected chi connectivity index (χ0v) is 11.8. The van der Waals surface area contributed by atoms with Crippen molar-refractivity contribution in [3.05, 3.63) is 0 Å². The first kappa shape index (κ1) is 13.4. The predicted octanol–water partition coefficient (Wildman–Crippen LogP) is 3.03. The molecule has 1 saturated carbocycles. The number of fused-ring (bicyclic) bond motifs is 2. The van der Waals surface area contributed by atoms with Gasteiger partial charge in [0.1, 0.15) is 0 Å². The first-order chi connectivity index (χ1) is 8.29. The smallest absolute Gasteiger partial charge is 0.0110 e. The number of hydrogen-bond donors (Lipinski definition) is 1. The molecule has 0 amide bonds. The van der Waals surface area contributed by atoms with E-state index >= 15 is 0 Å². The van der Waals surface area contributed by atoms with Crippen LogP contribution in [0, 0.1) is 5.92 Å². The first-order valence-corrected chi connectivity index (χ1v) is 7.77. The van der Waals surface area contributed by atoms with Gasteiger partial charge in [-0.3, -0.25) is 4.90 Å². The summed E-state index contributed by atoms with van der Waals surface area (Å²) in [5.74, 6) is 1.04. The third-order valence-corrected chi connectivity index (χ3v) is 4.66. The van der Waals surface area contributed by atoms with Crippen molar-refractivity contribution in [1.82, 2.24) is 10.2 Å². The van der Waals surface area contributed by atoms with Crippen LogP contribution in [0.15, 0.2) is 0 Å². The summed E-state index contributed by atoms with van der Waals surface area (Å²) in [6, 6.07) is 1.65. The van der Waals surface area contributed by atoms with Crippen molar-refractivity contribution in [3.63, 3.8) is 0 Å². The molecule has 2 nitrogen and oxygen atoms in total. The number of nitrogens with zero attached hydrogens (tertiary/aromatic N) is 1. The van der Waals surface area contributed by atoms with Crippen molar-refractivity contribution in [2.75, 3.05) is 19.6 Å². The summed E-state index contributed by atoms with van der Waals surface area (Å²) in [5.41, 5.74) is 0. The largest absolute Gasteiger partial charge is 0.313 e. The highest BCUT2D eigenvalue weighted by Gasteiger charge is 2.36. The number of piperidine rings is 1. The van der Waals surface area contributed by atoms with Crippen molar-refractivity contribution in [2.45, 2.75) is 70.9 Å². The molecule has 2 fully saturated rings. The molecule has 17 heavy (non-hydrogen) atoms. The summed E-state index contributed by atoms with van der Waals surface area (Å²) in [4.78, 5) is 2.72. The molecule has 2 heteroatoms. The maximum atomic E-state index is 3.69. The van der Waals surface area contributed by atoms with E-state index < -0.39 is 0 Å². The van der Waals surface area contributed by atoms with E-state index in [0.29, 0.717) is 6.04 Å². The van der Waals surface area contributed by atoms with Crippen LogP contribution >= 0.6 is 0 Å². The average Bonchev–Trinajstić information content (AvgIpc) is 2.91. The highest BCUT2D eigenvalue weighted by atomic mass is 15.2. The quantitative estimate of drug-likeness (QED) is 0.654. The topological polar surface area (TPSA) is 15.3 Å². The van der Waals surface area contributed by atoms with Gasteiger partial charge in [0.25, 0.3) is 0 Å². The van der Waals surface area contributed by atoms with Gasteiger partial charge < -0.3 is 5.32 Å². The van der Waals surface area contributed by atoms with E-state index in [0.717, 1.165) is 12.0 Å². The Bertz CT molecular complexity index is 217. The van der Waals surface area contributed by atoms with Crippen LogP contribution in [0.5, 0.6) is 0 Å². The molecule has 2 rings (SSSR count). The number of hydrogen-bond acceptors (Lipinski definition) is 2. The van der Waals surface area contributed by atoms with Crippen molar-refractivity contribution < 1.29 is 0 Å². The van der Waals surface area contributed by atoms with Gasteiger partial charge in [0.2, 0.25) is 0 Å². The van der Waals surface area contributed by atoms with Crippen molar-refractivity contribution >= 4 is 0 Å². The number of unbranched alkanes of at least 4 members (excludes halogenated alkanes) is 2. The maximum absolute atomic E-state index is 3.69. The molecule has 0 radical (unpaired) electrons. The fraction of sp³-hybridized carbons (Fsp3) is 1.00. The van der Waals surface area contributed by atoms with Crippen LogP contribution in [0.4, 0.5) is 0 Å². The summed E-state index contributed by atoms with van der Waals surface area (Å²) >= 11 is 0. The van der Waals surface area contributed by atoms with Gasteiger partial charge in [-0.15, -0.1) is 0 Å². The number of likely N-dealkylation sites (tertiary alicyclic amines) is 1. The first-order valence-electron chi connectivity index (χ1n) is 7.77. The highest BCUT2D eigenvalue weighted by molar-refractivity contribution is 4.92. The minimum absolute atomic E-state index is 0.710. The number of rotatable bonds is 8. The summed E-state index contributed by atoms with van der Waals surface area (Å²) in [7, 11) is 0. The lowest BCUT2D eigenvalue weighted by molar-refractivity contribution is 0.211. The van der Waals surface area contributed by atoms with Gasteiger partial charge in [-0.1, -0.05) is 26.2 Å². The van der Waals surface area contributed by atoms with Crippen molar-refractivity contribution in [2.24, 2.45) is 5.92 Å². The van der Waals surface area contributed by atoms with Crippen molar-refractivity contribution in [1.29, 1.82) is 0 Å². The van der Waals surface area contributed by atoms with Crippen LogP contribution in [0.3, 0.4) is 0 Å². The van der Waals surface area contributed by atoms with E-state index in [1.165, 1.54) is 64.6 Å². The van der Waals surface area contributed by atoms with Crippen LogP contribution in [-0.2, 0) is 0 Å². The maximum Gasteiger partial charge on any atom is 0.0110 e. The van der Waals surface area contributed by atoms with Gasteiger partial charge in [-0.25, -0.2) is 0 Å². The van der Waals surface area contributed by atoms with E-state index in [-0.39, 0.29) is 0 Å². The SMILES string of the molecule is CCCCCC(C)NCCN1CC2CCC1C2. The van der Waals surface area contributed by atoms with Gasteiger partial charge in [-0.05, 0) is 38.5 Å². The molecule has 1 aliphatic carbocycles. The van der Waals surface area contributed by atoms with Crippen molar-refractivity contribution in [3.8, 4) is 0 Å². The standard InChI is InChI=1S/C15H30N2/c1-3-4-5-6-13(2)16-9-10-17-12-14-7-8-15(17)11-14/h13-16H,3-12H2,1-2H3. The Morgan fingerprint density at radius 1 is 1.29 bits per heavy atom. The molecule has 3 atom stereocenters. The summed E-state index contributed by atoms with van der Waals surface area (Å²) in [6.45, 7) is 8.47. The third kappa shape index (κ3) is 3.96. The van der Waals surface area contributed by atoms with Gasteiger partial charge in [0.05, 0.1) is 0 Å². The van der Waals surface area contributed by atoms with E-state index in [4.69, 9.17) is 0 Å². The molecule has 1 aliphatic heterocycles. The molecule has 0 spiro atoms. The second kappa shape index (κ2) is 6.75. The van der Waals surface area contributed by atoms with Crippen LogP contribution in [0.25, 0.3) is 0 Å². The zero-order valence-electron chi connectivity index (χ0n) is 11.8. The lowest BCUT2D eigenvalue weighted by Gasteiger charge is -2.27. The molecule has 2 aliphatic rings. The molecule has 1 heterocycles. The minimum Gasteiger partial charge on any atom is -0.313 e. The van der Waals surface area contributed by atoms with Gasteiger partial charge >= 0.3 is 0 Å². The third-order valence-electron chi connectivity index (χ3n) is 4.66. The number of nitrogens with one attached hydrogen (secondary N) is 1. The highest BCUT2D eigenvalue weighted by Crippen LogP contribution is 2.36. The molecule has 1 saturated heterocycles. The Labute approximate surface area is 107 Å². The Balaban J connectivity index is 1.51. The molecule has 2 bridgehead atoms. The molecule has 0 aromatic rings. The van der Waals surface area contributed by atoms with Crippen LogP contribution in [-0.4, -0.2) is 36.6 Å². The molecular weight excluding hydrogens is 208 g/mol. The lowest BCUT2D eigenvalue weighted by Crippen LogP contribution is -2.39. The average molecular weight is 238 g/mol. The lowest BCUT2D eigenvalue weighted by atomic mass is 10.1. The predicted molar refractivity (Wildman–Crippen MR) is 74.3 cm³/mol. The molecular formula is C15H30N2. The van der Waals surface area contributed by atoms with Crippen LogP contribution < -0.4 is 5.32 Å². The molecule has 0 aromatic heterocycles. The Morgan fingerprint density at radius 3 is 2.82 bits per heavy atom. The van der Waals surface area contributed by atoms with Crippen LogP contribution in [0.1, 0.15) is 58.8 Å². The normalized spacial score (nSPS) is 30.0. The summed E-state index contributed by atoms with van der Waals surface area (Å²) in [6.07, 6.45) is 9.93.